The molecule has 0 unspecified atom stereocenters. The van der Waals surface area contributed by atoms with Crippen molar-refractivity contribution in [2.75, 3.05) is 26.2 Å². The van der Waals surface area contributed by atoms with Crippen LogP contribution in [-0.4, -0.2) is 37.0 Å². The SMILES string of the molecule is CC(C)(C)CCN1CCC2(CC1)CNC(=O)C2. The lowest BCUT2D eigenvalue weighted by molar-refractivity contribution is -0.119. The third kappa shape index (κ3) is 3.44. The van der Waals surface area contributed by atoms with E-state index in [0.29, 0.717) is 10.8 Å². The van der Waals surface area contributed by atoms with Gasteiger partial charge in [0.25, 0.3) is 0 Å². The first-order chi connectivity index (χ1) is 7.89. The van der Waals surface area contributed by atoms with Gasteiger partial charge in [0.2, 0.25) is 5.91 Å². The number of nitrogens with zero attached hydrogens (tertiary/aromatic N) is 1. The fraction of sp³-hybridized carbons (Fsp3) is 0.929. The molecule has 2 saturated heterocycles. The van der Waals surface area contributed by atoms with Gasteiger partial charge in [0.1, 0.15) is 0 Å². The molecule has 2 aliphatic heterocycles. The maximum Gasteiger partial charge on any atom is 0.220 e. The molecule has 2 heterocycles. The van der Waals surface area contributed by atoms with Crippen molar-refractivity contribution in [2.45, 2.75) is 46.5 Å². The van der Waals surface area contributed by atoms with Crippen LogP contribution in [0.2, 0.25) is 0 Å². The molecule has 3 nitrogen and oxygen atoms in total. The van der Waals surface area contributed by atoms with Crippen LogP contribution in [0.15, 0.2) is 0 Å². The molecule has 1 N–H and O–H groups in total. The topological polar surface area (TPSA) is 32.3 Å². The lowest BCUT2D eigenvalue weighted by Crippen LogP contribution is -2.42. The van der Waals surface area contributed by atoms with Gasteiger partial charge in [-0.3, -0.25) is 4.79 Å². The standard InChI is InChI=1S/C14H26N2O/c1-13(2,3)4-7-16-8-5-14(6-9-16)10-12(17)15-11-14/h4-11H2,1-3H3,(H,15,17). The van der Waals surface area contributed by atoms with Crippen LogP contribution in [0.3, 0.4) is 0 Å². The first-order valence-corrected chi connectivity index (χ1v) is 6.88. The van der Waals surface area contributed by atoms with Gasteiger partial charge in [0.05, 0.1) is 0 Å². The Kier molecular flexibility index (Phi) is 3.48. The van der Waals surface area contributed by atoms with Crippen molar-refractivity contribution in [1.29, 1.82) is 0 Å². The summed E-state index contributed by atoms with van der Waals surface area (Å²) in [6.07, 6.45) is 4.41. The highest BCUT2D eigenvalue weighted by molar-refractivity contribution is 5.79. The largest absolute Gasteiger partial charge is 0.356 e. The fourth-order valence-electron chi connectivity index (χ4n) is 2.85. The first-order valence-electron chi connectivity index (χ1n) is 6.88. The van der Waals surface area contributed by atoms with E-state index in [0.717, 1.165) is 13.0 Å². The zero-order valence-electron chi connectivity index (χ0n) is 11.5. The normalized spacial score (nSPS) is 25.2. The molecule has 0 aromatic carbocycles. The minimum atomic E-state index is 0.258. The van der Waals surface area contributed by atoms with E-state index in [1.165, 1.54) is 38.9 Å². The molecule has 0 aromatic heterocycles. The highest BCUT2D eigenvalue weighted by atomic mass is 16.1. The second-order valence-corrected chi connectivity index (χ2v) is 7.11. The summed E-state index contributed by atoms with van der Waals surface area (Å²) >= 11 is 0. The number of amides is 1. The Morgan fingerprint density at radius 1 is 1.29 bits per heavy atom. The third-order valence-corrected chi connectivity index (χ3v) is 4.29. The first kappa shape index (κ1) is 12.9. The van der Waals surface area contributed by atoms with Gasteiger partial charge >= 0.3 is 0 Å². The van der Waals surface area contributed by atoms with Crippen LogP contribution in [0.1, 0.15) is 46.5 Å². The molecule has 0 radical (unpaired) electrons. The number of likely N-dealkylation sites (tertiary alicyclic amines) is 1. The molecule has 1 spiro atoms. The summed E-state index contributed by atoms with van der Waals surface area (Å²) in [5.41, 5.74) is 0.731. The van der Waals surface area contributed by atoms with Gasteiger partial charge in [-0.05, 0) is 49.7 Å². The maximum atomic E-state index is 11.3. The van der Waals surface area contributed by atoms with E-state index in [2.05, 4.69) is 31.0 Å². The lowest BCUT2D eigenvalue weighted by Gasteiger charge is -2.39. The van der Waals surface area contributed by atoms with E-state index in [-0.39, 0.29) is 5.91 Å². The van der Waals surface area contributed by atoms with Crippen molar-refractivity contribution < 1.29 is 4.79 Å². The summed E-state index contributed by atoms with van der Waals surface area (Å²) in [7, 11) is 0. The number of hydrogen-bond acceptors (Lipinski definition) is 2. The van der Waals surface area contributed by atoms with E-state index in [1.54, 1.807) is 0 Å². The summed E-state index contributed by atoms with van der Waals surface area (Å²) in [6.45, 7) is 11.4. The van der Waals surface area contributed by atoms with Gasteiger partial charge in [-0.15, -0.1) is 0 Å². The summed E-state index contributed by atoms with van der Waals surface area (Å²) in [6, 6.07) is 0. The van der Waals surface area contributed by atoms with Crippen LogP contribution in [0.5, 0.6) is 0 Å². The number of nitrogens with one attached hydrogen (secondary N) is 1. The molecule has 17 heavy (non-hydrogen) atoms. The lowest BCUT2D eigenvalue weighted by atomic mass is 9.77. The zero-order valence-corrected chi connectivity index (χ0v) is 11.5. The Balaban J connectivity index is 1.76. The Bertz CT molecular complexity index is 285. The summed E-state index contributed by atoms with van der Waals surface area (Å²) in [4.78, 5) is 13.9. The molecule has 0 saturated carbocycles. The second-order valence-electron chi connectivity index (χ2n) is 7.11. The molecular formula is C14H26N2O. The number of rotatable bonds is 2. The van der Waals surface area contributed by atoms with E-state index < -0.39 is 0 Å². The van der Waals surface area contributed by atoms with Crippen molar-refractivity contribution in [2.24, 2.45) is 10.8 Å². The molecule has 0 atom stereocenters. The Hall–Kier alpha value is -0.570. The van der Waals surface area contributed by atoms with Crippen molar-refractivity contribution >= 4 is 5.91 Å². The van der Waals surface area contributed by atoms with Gasteiger partial charge in [0.15, 0.2) is 0 Å². The summed E-state index contributed by atoms with van der Waals surface area (Å²) < 4.78 is 0. The van der Waals surface area contributed by atoms with Crippen LogP contribution < -0.4 is 5.32 Å². The molecule has 0 aliphatic carbocycles. The van der Waals surface area contributed by atoms with Gasteiger partial charge in [-0.25, -0.2) is 0 Å². The van der Waals surface area contributed by atoms with Crippen molar-refractivity contribution in [3.05, 3.63) is 0 Å². The molecule has 2 fully saturated rings. The minimum absolute atomic E-state index is 0.258. The quantitative estimate of drug-likeness (QED) is 0.798. The van der Waals surface area contributed by atoms with Crippen LogP contribution in [0.25, 0.3) is 0 Å². The zero-order chi connectivity index (χ0) is 12.5. The molecule has 0 aromatic rings. The van der Waals surface area contributed by atoms with E-state index in [1.807, 2.05) is 0 Å². The average Bonchev–Trinajstić information content (AvgIpc) is 2.58. The highest BCUT2D eigenvalue weighted by Gasteiger charge is 2.40. The van der Waals surface area contributed by atoms with Gasteiger partial charge in [-0.2, -0.15) is 0 Å². The molecular weight excluding hydrogens is 212 g/mol. The smallest absolute Gasteiger partial charge is 0.220 e. The van der Waals surface area contributed by atoms with E-state index in [9.17, 15) is 4.79 Å². The second kappa shape index (κ2) is 4.60. The monoisotopic (exact) mass is 238 g/mol. The number of carbonyl (C=O) groups excluding carboxylic acids is 1. The summed E-state index contributed by atoms with van der Waals surface area (Å²) in [5, 5.41) is 2.99. The number of hydrogen-bond donors (Lipinski definition) is 1. The predicted molar refractivity (Wildman–Crippen MR) is 69.8 cm³/mol. The van der Waals surface area contributed by atoms with Crippen LogP contribution in [-0.2, 0) is 4.79 Å². The van der Waals surface area contributed by atoms with E-state index in [4.69, 9.17) is 0 Å². The van der Waals surface area contributed by atoms with E-state index >= 15 is 0 Å². The molecule has 98 valence electrons. The maximum absolute atomic E-state index is 11.3. The molecule has 1 amide bonds. The van der Waals surface area contributed by atoms with Crippen molar-refractivity contribution in [3.8, 4) is 0 Å². The Labute approximate surface area is 105 Å². The molecule has 0 bridgehead atoms. The predicted octanol–water partition coefficient (Wildman–Crippen LogP) is 2.02. The van der Waals surface area contributed by atoms with Crippen molar-refractivity contribution in [1.82, 2.24) is 10.2 Å². The van der Waals surface area contributed by atoms with Crippen LogP contribution in [0, 0.1) is 10.8 Å². The molecule has 3 heteroatoms. The third-order valence-electron chi connectivity index (χ3n) is 4.29. The highest BCUT2D eigenvalue weighted by Crippen LogP contribution is 2.37. The van der Waals surface area contributed by atoms with Crippen LogP contribution in [0.4, 0.5) is 0 Å². The van der Waals surface area contributed by atoms with Crippen molar-refractivity contribution in [3.63, 3.8) is 0 Å². The fourth-order valence-corrected chi connectivity index (χ4v) is 2.85. The molecule has 2 aliphatic rings. The number of carbonyl (C=O) groups is 1. The Morgan fingerprint density at radius 2 is 1.94 bits per heavy atom. The van der Waals surface area contributed by atoms with Gasteiger partial charge in [-0.1, -0.05) is 20.8 Å². The van der Waals surface area contributed by atoms with Gasteiger partial charge < -0.3 is 10.2 Å². The van der Waals surface area contributed by atoms with Crippen LogP contribution >= 0.6 is 0 Å². The Morgan fingerprint density at radius 3 is 2.41 bits per heavy atom. The van der Waals surface area contributed by atoms with Gasteiger partial charge in [0, 0.05) is 13.0 Å². The minimum Gasteiger partial charge on any atom is -0.356 e. The summed E-state index contributed by atoms with van der Waals surface area (Å²) in [5.74, 6) is 0.258. The number of piperidine rings is 1. The molecule has 2 rings (SSSR count). The average molecular weight is 238 g/mol.